The highest BCUT2D eigenvalue weighted by molar-refractivity contribution is 5.78. The Labute approximate surface area is 93.2 Å². The van der Waals surface area contributed by atoms with E-state index in [2.05, 4.69) is 0 Å². The van der Waals surface area contributed by atoms with Gasteiger partial charge in [-0.3, -0.25) is 0 Å². The maximum absolute atomic E-state index is 13.2. The molecule has 2 heteroatoms. The van der Waals surface area contributed by atoms with Crippen molar-refractivity contribution in [2.75, 3.05) is 6.61 Å². The first kappa shape index (κ1) is 9.55. The van der Waals surface area contributed by atoms with Gasteiger partial charge in [-0.25, -0.2) is 4.39 Å². The molecule has 1 N–H and O–H groups in total. The van der Waals surface area contributed by atoms with E-state index in [0.717, 1.165) is 22.3 Å². The Balaban J connectivity index is 2.29. The summed E-state index contributed by atoms with van der Waals surface area (Å²) < 4.78 is 13.2. The molecule has 0 amide bonds. The topological polar surface area (TPSA) is 20.2 Å². The molecule has 2 aromatic rings. The molecular weight excluding hydrogens is 203 g/mol. The van der Waals surface area contributed by atoms with Crippen LogP contribution in [0.15, 0.2) is 42.5 Å². The Morgan fingerprint density at radius 2 is 1.75 bits per heavy atom. The van der Waals surface area contributed by atoms with Gasteiger partial charge in [-0.1, -0.05) is 30.3 Å². The molecule has 3 rings (SSSR count). The first-order valence-corrected chi connectivity index (χ1v) is 5.31. The van der Waals surface area contributed by atoms with Gasteiger partial charge in [0.1, 0.15) is 5.82 Å². The first-order chi connectivity index (χ1) is 7.81. The van der Waals surface area contributed by atoms with Crippen molar-refractivity contribution >= 4 is 0 Å². The van der Waals surface area contributed by atoms with Crippen molar-refractivity contribution in [3.05, 3.63) is 59.4 Å². The van der Waals surface area contributed by atoms with E-state index in [1.807, 2.05) is 24.3 Å². The second-order valence-electron chi connectivity index (χ2n) is 4.05. The quantitative estimate of drug-likeness (QED) is 0.773. The minimum absolute atomic E-state index is 0.0213. The number of hydrogen-bond acceptors (Lipinski definition) is 1. The highest BCUT2D eigenvalue weighted by atomic mass is 19.1. The molecule has 1 atom stereocenters. The van der Waals surface area contributed by atoms with Gasteiger partial charge in [0.2, 0.25) is 0 Å². The third-order valence-corrected chi connectivity index (χ3v) is 3.20. The number of rotatable bonds is 1. The van der Waals surface area contributed by atoms with Crippen LogP contribution in [0.25, 0.3) is 11.1 Å². The van der Waals surface area contributed by atoms with Crippen LogP contribution in [0.3, 0.4) is 0 Å². The minimum Gasteiger partial charge on any atom is -0.395 e. The molecule has 1 aliphatic carbocycles. The van der Waals surface area contributed by atoms with Crippen LogP contribution in [0.2, 0.25) is 0 Å². The molecule has 16 heavy (non-hydrogen) atoms. The average Bonchev–Trinajstić information content (AvgIpc) is 2.61. The minimum atomic E-state index is -0.245. The number of hydrogen-bond donors (Lipinski definition) is 1. The molecule has 0 radical (unpaired) electrons. The van der Waals surface area contributed by atoms with E-state index >= 15 is 0 Å². The zero-order valence-corrected chi connectivity index (χ0v) is 8.65. The molecule has 80 valence electrons. The predicted molar refractivity (Wildman–Crippen MR) is 60.8 cm³/mol. The maximum atomic E-state index is 13.2. The summed E-state index contributed by atoms with van der Waals surface area (Å²) in [5, 5.41) is 9.43. The van der Waals surface area contributed by atoms with Crippen LogP contribution in [-0.4, -0.2) is 11.7 Å². The Bertz CT molecular complexity index is 548. The highest BCUT2D eigenvalue weighted by Crippen LogP contribution is 2.44. The fourth-order valence-corrected chi connectivity index (χ4v) is 2.48. The summed E-state index contributed by atoms with van der Waals surface area (Å²) in [6, 6.07) is 12.7. The zero-order chi connectivity index (χ0) is 11.1. The molecule has 0 aromatic heterocycles. The van der Waals surface area contributed by atoms with Crippen molar-refractivity contribution in [1.29, 1.82) is 0 Å². The smallest absolute Gasteiger partial charge is 0.123 e. The Hall–Kier alpha value is -1.67. The summed E-state index contributed by atoms with van der Waals surface area (Å²) in [5.74, 6) is -0.327. The lowest BCUT2D eigenvalue weighted by Gasteiger charge is -2.09. The van der Waals surface area contributed by atoms with Crippen molar-refractivity contribution < 1.29 is 9.50 Å². The van der Waals surface area contributed by atoms with Crippen LogP contribution in [0.5, 0.6) is 0 Å². The Morgan fingerprint density at radius 3 is 2.56 bits per heavy atom. The van der Waals surface area contributed by atoms with Crippen molar-refractivity contribution in [1.82, 2.24) is 0 Å². The molecule has 1 aliphatic rings. The molecule has 1 nitrogen and oxygen atoms in total. The highest BCUT2D eigenvalue weighted by Gasteiger charge is 2.27. The molecular formula is C14H11FO. The van der Waals surface area contributed by atoms with E-state index in [4.69, 9.17) is 0 Å². The molecule has 0 saturated heterocycles. The average molecular weight is 214 g/mol. The molecule has 0 spiro atoms. The standard InChI is InChI=1S/C14H11FO/c15-9-5-6-12-10-3-1-2-4-11(10)14(8-16)13(12)7-9/h1-7,14,16H,8H2. The maximum Gasteiger partial charge on any atom is 0.123 e. The van der Waals surface area contributed by atoms with Crippen LogP contribution < -0.4 is 0 Å². The van der Waals surface area contributed by atoms with Gasteiger partial charge in [0.05, 0.1) is 6.61 Å². The summed E-state index contributed by atoms with van der Waals surface area (Å²) in [6.07, 6.45) is 0. The second kappa shape index (κ2) is 3.42. The van der Waals surface area contributed by atoms with Crippen LogP contribution in [0, 0.1) is 5.82 Å². The Morgan fingerprint density at radius 1 is 1.00 bits per heavy atom. The summed E-state index contributed by atoms with van der Waals surface area (Å²) in [6.45, 7) is 0.0213. The molecule has 0 heterocycles. The molecule has 0 bridgehead atoms. The van der Waals surface area contributed by atoms with E-state index in [-0.39, 0.29) is 18.3 Å². The lowest BCUT2D eigenvalue weighted by molar-refractivity contribution is 0.282. The Kier molecular flexibility index (Phi) is 2.04. The first-order valence-electron chi connectivity index (χ1n) is 5.31. The van der Waals surface area contributed by atoms with Crippen LogP contribution in [-0.2, 0) is 0 Å². The van der Waals surface area contributed by atoms with Crippen molar-refractivity contribution in [3.63, 3.8) is 0 Å². The fraction of sp³-hybridized carbons (Fsp3) is 0.143. The molecule has 2 aromatic carbocycles. The second-order valence-corrected chi connectivity index (χ2v) is 4.05. The summed E-state index contributed by atoms with van der Waals surface area (Å²) in [7, 11) is 0. The van der Waals surface area contributed by atoms with Crippen molar-refractivity contribution in [2.24, 2.45) is 0 Å². The van der Waals surface area contributed by atoms with Gasteiger partial charge in [0.15, 0.2) is 0 Å². The normalized spacial score (nSPS) is 17.0. The van der Waals surface area contributed by atoms with E-state index in [9.17, 15) is 9.50 Å². The van der Waals surface area contributed by atoms with E-state index in [0.29, 0.717) is 0 Å². The molecule has 0 fully saturated rings. The summed E-state index contributed by atoms with van der Waals surface area (Å²) in [5.41, 5.74) is 4.13. The molecule has 1 unspecified atom stereocenters. The predicted octanol–water partition coefficient (Wildman–Crippen LogP) is 2.93. The summed E-state index contributed by atoms with van der Waals surface area (Å²) >= 11 is 0. The van der Waals surface area contributed by atoms with Crippen LogP contribution in [0.4, 0.5) is 4.39 Å². The monoisotopic (exact) mass is 214 g/mol. The zero-order valence-electron chi connectivity index (χ0n) is 8.65. The van der Waals surface area contributed by atoms with Gasteiger partial charge in [-0.2, -0.15) is 0 Å². The number of halogens is 1. The van der Waals surface area contributed by atoms with Gasteiger partial charge >= 0.3 is 0 Å². The van der Waals surface area contributed by atoms with E-state index in [1.54, 1.807) is 6.07 Å². The number of fused-ring (bicyclic) bond motifs is 3. The van der Waals surface area contributed by atoms with E-state index in [1.165, 1.54) is 12.1 Å². The third-order valence-electron chi connectivity index (χ3n) is 3.20. The lowest BCUT2D eigenvalue weighted by Crippen LogP contribution is -2.01. The number of aliphatic hydroxyl groups excluding tert-OH is 1. The van der Waals surface area contributed by atoms with Gasteiger partial charge in [0, 0.05) is 5.92 Å². The number of aliphatic hydroxyl groups is 1. The van der Waals surface area contributed by atoms with Gasteiger partial charge < -0.3 is 5.11 Å². The molecule has 0 aliphatic heterocycles. The van der Waals surface area contributed by atoms with Crippen LogP contribution in [0.1, 0.15) is 17.0 Å². The third kappa shape index (κ3) is 1.20. The largest absolute Gasteiger partial charge is 0.395 e. The van der Waals surface area contributed by atoms with Crippen LogP contribution >= 0.6 is 0 Å². The van der Waals surface area contributed by atoms with Crippen molar-refractivity contribution in [3.8, 4) is 11.1 Å². The van der Waals surface area contributed by atoms with Gasteiger partial charge in [-0.05, 0) is 34.4 Å². The fourth-order valence-electron chi connectivity index (χ4n) is 2.48. The van der Waals surface area contributed by atoms with Gasteiger partial charge in [-0.15, -0.1) is 0 Å². The molecule has 0 saturated carbocycles. The van der Waals surface area contributed by atoms with Crippen molar-refractivity contribution in [2.45, 2.75) is 5.92 Å². The SMILES string of the molecule is OCC1c2ccccc2-c2ccc(F)cc21. The summed E-state index contributed by atoms with van der Waals surface area (Å²) in [4.78, 5) is 0. The van der Waals surface area contributed by atoms with E-state index < -0.39 is 0 Å². The number of benzene rings is 2. The van der Waals surface area contributed by atoms with Gasteiger partial charge in [0.25, 0.3) is 0 Å². The lowest BCUT2D eigenvalue weighted by atomic mass is 9.98.